The fourth-order valence-corrected chi connectivity index (χ4v) is 3.88. The Balaban J connectivity index is 1.63. The van der Waals surface area contributed by atoms with Crippen molar-refractivity contribution in [2.75, 3.05) is 24.8 Å². The summed E-state index contributed by atoms with van der Waals surface area (Å²) in [6.07, 6.45) is 1.53. The van der Waals surface area contributed by atoms with Crippen LogP contribution in [0.3, 0.4) is 0 Å². The van der Waals surface area contributed by atoms with Crippen molar-refractivity contribution in [1.82, 2.24) is 5.01 Å². The molecule has 1 aliphatic rings. The SMILES string of the molecule is COc1cc(/C=N\N2C(=O)CSC2=S)ccc1OCC(=O)Nc1ccccc1C(C)C. The average Bonchev–Trinajstić information content (AvgIpc) is 3.08. The van der Waals surface area contributed by atoms with Crippen LogP contribution in [0.2, 0.25) is 0 Å². The number of nitrogens with zero attached hydrogens (tertiary/aromatic N) is 2. The van der Waals surface area contributed by atoms with Gasteiger partial charge in [-0.3, -0.25) is 9.59 Å². The lowest BCUT2D eigenvalue weighted by Crippen LogP contribution is -2.22. The van der Waals surface area contributed by atoms with Gasteiger partial charge in [-0.2, -0.15) is 10.1 Å². The Kier molecular flexibility index (Phi) is 7.64. The molecule has 1 N–H and O–H groups in total. The summed E-state index contributed by atoms with van der Waals surface area (Å²) in [5.41, 5.74) is 2.54. The van der Waals surface area contributed by atoms with Gasteiger partial charge in [0.15, 0.2) is 22.4 Å². The topological polar surface area (TPSA) is 80.2 Å². The molecule has 3 rings (SSSR count). The van der Waals surface area contributed by atoms with Crippen molar-refractivity contribution >= 4 is 52.0 Å². The second-order valence-corrected chi connectivity index (χ2v) is 8.60. The van der Waals surface area contributed by atoms with Crippen LogP contribution in [-0.4, -0.2) is 46.8 Å². The third-order valence-electron chi connectivity index (χ3n) is 4.45. The molecule has 31 heavy (non-hydrogen) atoms. The summed E-state index contributed by atoms with van der Waals surface area (Å²) in [6, 6.07) is 12.8. The summed E-state index contributed by atoms with van der Waals surface area (Å²) in [5, 5.41) is 8.24. The smallest absolute Gasteiger partial charge is 0.262 e. The van der Waals surface area contributed by atoms with E-state index in [1.165, 1.54) is 30.1 Å². The molecule has 1 saturated heterocycles. The molecular weight excluding hydrogens is 434 g/mol. The Labute approximate surface area is 190 Å². The summed E-state index contributed by atoms with van der Waals surface area (Å²) < 4.78 is 11.5. The minimum absolute atomic E-state index is 0.150. The lowest BCUT2D eigenvalue weighted by Gasteiger charge is -2.15. The van der Waals surface area contributed by atoms with Crippen LogP contribution in [0.4, 0.5) is 5.69 Å². The van der Waals surface area contributed by atoms with E-state index in [0.29, 0.717) is 27.1 Å². The molecule has 0 unspecified atom stereocenters. The molecular formula is C22H23N3O4S2. The number of amides is 2. The fourth-order valence-electron chi connectivity index (χ4n) is 2.91. The van der Waals surface area contributed by atoms with E-state index < -0.39 is 0 Å². The molecule has 7 nitrogen and oxygen atoms in total. The number of ether oxygens (including phenoxy) is 2. The van der Waals surface area contributed by atoms with Gasteiger partial charge >= 0.3 is 0 Å². The Morgan fingerprint density at radius 3 is 2.74 bits per heavy atom. The first-order chi connectivity index (χ1) is 14.9. The van der Waals surface area contributed by atoms with Gasteiger partial charge in [0.2, 0.25) is 0 Å². The summed E-state index contributed by atoms with van der Waals surface area (Å²) in [5.74, 6) is 1.05. The quantitative estimate of drug-likeness (QED) is 0.476. The van der Waals surface area contributed by atoms with Gasteiger partial charge in [0, 0.05) is 5.69 Å². The number of rotatable bonds is 8. The molecule has 162 valence electrons. The van der Waals surface area contributed by atoms with E-state index in [2.05, 4.69) is 24.3 Å². The van der Waals surface area contributed by atoms with E-state index >= 15 is 0 Å². The lowest BCUT2D eigenvalue weighted by atomic mass is 10.0. The number of thioether (sulfide) groups is 1. The predicted octanol–water partition coefficient (Wildman–Crippen LogP) is 4.03. The largest absolute Gasteiger partial charge is 0.493 e. The molecule has 1 fully saturated rings. The molecule has 0 aromatic heterocycles. The van der Waals surface area contributed by atoms with Crippen LogP contribution in [0, 0.1) is 0 Å². The number of hydrogen-bond acceptors (Lipinski definition) is 7. The van der Waals surface area contributed by atoms with E-state index in [1.54, 1.807) is 18.2 Å². The van der Waals surface area contributed by atoms with Crippen molar-refractivity contribution in [3.8, 4) is 11.5 Å². The minimum Gasteiger partial charge on any atom is -0.493 e. The second-order valence-electron chi connectivity index (χ2n) is 6.99. The van der Waals surface area contributed by atoms with E-state index in [9.17, 15) is 9.59 Å². The third kappa shape index (κ3) is 5.83. The number of carbonyl (C=O) groups excluding carboxylic acids is 2. The maximum Gasteiger partial charge on any atom is 0.262 e. The van der Waals surface area contributed by atoms with Gasteiger partial charge in [-0.25, -0.2) is 0 Å². The third-order valence-corrected chi connectivity index (χ3v) is 5.79. The monoisotopic (exact) mass is 457 g/mol. The van der Waals surface area contributed by atoms with Crippen LogP contribution >= 0.6 is 24.0 Å². The van der Waals surface area contributed by atoms with Crippen LogP contribution < -0.4 is 14.8 Å². The van der Waals surface area contributed by atoms with E-state index in [1.807, 2.05) is 24.3 Å². The number of anilines is 1. The van der Waals surface area contributed by atoms with Gasteiger partial charge in [0.1, 0.15) is 0 Å². The predicted molar refractivity (Wildman–Crippen MR) is 127 cm³/mol. The molecule has 0 spiro atoms. The number of benzene rings is 2. The Morgan fingerprint density at radius 2 is 2.06 bits per heavy atom. The number of hydrazone groups is 1. The van der Waals surface area contributed by atoms with Crippen LogP contribution in [0.15, 0.2) is 47.6 Å². The Bertz CT molecular complexity index is 1010. The summed E-state index contributed by atoms with van der Waals surface area (Å²) >= 11 is 6.38. The molecule has 1 aliphatic heterocycles. The summed E-state index contributed by atoms with van der Waals surface area (Å²) in [7, 11) is 1.51. The number of thiocarbonyl (C=S) groups is 1. The molecule has 2 amide bonds. The van der Waals surface area contributed by atoms with Gasteiger partial charge in [-0.05, 0) is 41.3 Å². The second kappa shape index (κ2) is 10.4. The first-order valence-electron chi connectivity index (χ1n) is 9.62. The summed E-state index contributed by atoms with van der Waals surface area (Å²) in [4.78, 5) is 24.1. The molecule has 0 bridgehead atoms. The van der Waals surface area contributed by atoms with Crippen molar-refractivity contribution in [2.45, 2.75) is 19.8 Å². The van der Waals surface area contributed by atoms with Gasteiger partial charge in [-0.1, -0.05) is 56.0 Å². The molecule has 0 saturated carbocycles. The van der Waals surface area contributed by atoms with Gasteiger partial charge in [-0.15, -0.1) is 0 Å². The minimum atomic E-state index is -0.264. The van der Waals surface area contributed by atoms with Crippen molar-refractivity contribution in [2.24, 2.45) is 5.10 Å². The lowest BCUT2D eigenvalue weighted by molar-refractivity contribution is -0.124. The van der Waals surface area contributed by atoms with Crippen molar-refractivity contribution in [3.05, 3.63) is 53.6 Å². The zero-order valence-corrected chi connectivity index (χ0v) is 19.1. The van der Waals surface area contributed by atoms with Crippen LogP contribution in [0.5, 0.6) is 11.5 Å². The van der Waals surface area contributed by atoms with Gasteiger partial charge in [0.05, 0.1) is 19.1 Å². The molecule has 0 radical (unpaired) electrons. The summed E-state index contributed by atoms with van der Waals surface area (Å²) in [6.45, 7) is 3.98. The van der Waals surface area contributed by atoms with E-state index in [-0.39, 0.29) is 24.3 Å². The number of carbonyl (C=O) groups is 2. The highest BCUT2D eigenvalue weighted by Gasteiger charge is 2.26. The highest BCUT2D eigenvalue weighted by atomic mass is 32.2. The standard InChI is InChI=1S/C22H23N3O4S2/c1-14(2)16-6-4-5-7-17(16)24-20(26)12-29-18-9-8-15(10-19(18)28-3)11-23-25-21(27)13-31-22(25)30/h4-11,14H,12-13H2,1-3H3,(H,24,26)/b23-11-. The zero-order chi connectivity index (χ0) is 22.4. The highest BCUT2D eigenvalue weighted by molar-refractivity contribution is 8.23. The molecule has 2 aromatic carbocycles. The van der Waals surface area contributed by atoms with Crippen LogP contribution in [-0.2, 0) is 9.59 Å². The Morgan fingerprint density at radius 1 is 1.29 bits per heavy atom. The first kappa shape index (κ1) is 22.8. The van der Waals surface area contributed by atoms with Gasteiger partial charge < -0.3 is 14.8 Å². The molecule has 0 aliphatic carbocycles. The molecule has 9 heteroatoms. The van der Waals surface area contributed by atoms with Crippen molar-refractivity contribution in [3.63, 3.8) is 0 Å². The van der Waals surface area contributed by atoms with E-state index in [4.69, 9.17) is 21.7 Å². The average molecular weight is 458 g/mol. The van der Waals surface area contributed by atoms with Gasteiger partial charge in [0.25, 0.3) is 11.8 Å². The number of hydrogen-bond donors (Lipinski definition) is 1. The maximum absolute atomic E-state index is 12.4. The normalized spacial score (nSPS) is 13.9. The Hall–Kier alpha value is -2.91. The number of nitrogens with one attached hydrogen (secondary N) is 1. The first-order valence-corrected chi connectivity index (χ1v) is 11.0. The molecule has 0 atom stereocenters. The van der Waals surface area contributed by atoms with Crippen molar-refractivity contribution < 1.29 is 19.1 Å². The number of methoxy groups -OCH3 is 1. The van der Waals surface area contributed by atoms with Crippen LogP contribution in [0.25, 0.3) is 0 Å². The molecule has 2 aromatic rings. The highest BCUT2D eigenvalue weighted by Crippen LogP contribution is 2.28. The van der Waals surface area contributed by atoms with Crippen molar-refractivity contribution in [1.29, 1.82) is 0 Å². The van der Waals surface area contributed by atoms with E-state index in [0.717, 1.165) is 11.3 Å². The van der Waals surface area contributed by atoms with Crippen LogP contribution in [0.1, 0.15) is 30.9 Å². The molecule has 1 heterocycles. The zero-order valence-electron chi connectivity index (χ0n) is 17.5. The maximum atomic E-state index is 12.4. The number of para-hydroxylation sites is 1. The fraction of sp³-hybridized carbons (Fsp3) is 0.273.